The second-order valence-corrected chi connectivity index (χ2v) is 3.61. The first-order valence-electron chi connectivity index (χ1n) is 2.26. The highest BCUT2D eigenvalue weighted by atomic mass is 35.5. The zero-order valence-electron chi connectivity index (χ0n) is 5.02. The van der Waals surface area contributed by atoms with Gasteiger partial charge < -0.3 is 0 Å². The van der Waals surface area contributed by atoms with E-state index in [-0.39, 0.29) is 0 Å². The molecule has 0 saturated carbocycles. The molecule has 0 radical (unpaired) electrons. The quantitative estimate of drug-likeness (QED) is 0.489. The van der Waals surface area contributed by atoms with E-state index in [0.717, 1.165) is 0 Å². The van der Waals surface area contributed by atoms with E-state index >= 15 is 0 Å². The van der Waals surface area contributed by atoms with Gasteiger partial charge in [-0.25, -0.2) is 4.39 Å². The maximum Gasteiger partial charge on any atom is 0.428 e. The fraction of sp³-hybridized carbons (Fsp3) is 0.500. The number of alkyl halides is 6. The molecule has 0 unspecified atom stereocenters. The molecule has 0 aromatic carbocycles. The highest BCUT2D eigenvalue weighted by molar-refractivity contribution is 6.56. The molecule has 8 heteroatoms. The van der Waals surface area contributed by atoms with Crippen molar-refractivity contribution in [1.82, 2.24) is 0 Å². The molecule has 0 aliphatic carbocycles. The van der Waals surface area contributed by atoms with E-state index < -0.39 is 20.8 Å². The highest BCUT2D eigenvalue weighted by Crippen LogP contribution is 2.42. The van der Waals surface area contributed by atoms with Crippen molar-refractivity contribution in [3.63, 3.8) is 0 Å². The van der Waals surface area contributed by atoms with Crippen molar-refractivity contribution < 1.29 is 17.6 Å². The second kappa shape index (κ2) is 3.78. The van der Waals surface area contributed by atoms with E-state index in [4.69, 9.17) is 11.6 Å². The van der Waals surface area contributed by atoms with Crippen molar-refractivity contribution >= 4 is 46.4 Å². The summed E-state index contributed by atoms with van der Waals surface area (Å²) in [6.45, 7) is 0. The highest BCUT2D eigenvalue weighted by Gasteiger charge is 2.41. The molecule has 0 nitrogen and oxygen atoms in total. The third kappa shape index (κ3) is 3.56. The average Bonchev–Trinajstić information content (AvgIpc) is 1.80. The predicted molar refractivity (Wildman–Crippen MR) is 40.3 cm³/mol. The Morgan fingerprint density at radius 2 is 1.17 bits per heavy atom. The first kappa shape index (κ1) is 12.6. The first-order valence-corrected chi connectivity index (χ1v) is 3.77. The van der Waals surface area contributed by atoms with Crippen molar-refractivity contribution in [2.45, 2.75) is 10.8 Å². The predicted octanol–water partition coefficient (Wildman–Crippen LogP) is 4.34. The van der Waals surface area contributed by atoms with Crippen molar-refractivity contribution in [3.05, 3.63) is 10.1 Å². The lowest BCUT2D eigenvalue weighted by molar-refractivity contribution is -0.0852. The Balaban J connectivity index is 4.96. The van der Waals surface area contributed by atoms with Gasteiger partial charge in [0.1, 0.15) is 10.1 Å². The zero-order chi connectivity index (χ0) is 10.2. The maximum absolute atomic E-state index is 12.3. The van der Waals surface area contributed by atoms with E-state index in [0.29, 0.717) is 0 Å². The van der Waals surface area contributed by atoms with Crippen LogP contribution in [0.1, 0.15) is 0 Å². The van der Waals surface area contributed by atoms with Gasteiger partial charge in [-0.3, -0.25) is 0 Å². The van der Waals surface area contributed by atoms with Crippen LogP contribution in [0, 0.1) is 0 Å². The molecule has 0 amide bonds. The van der Waals surface area contributed by atoms with E-state index in [1.165, 1.54) is 0 Å². The standard InChI is InChI=1S/C4Cl4F4/c5-1(3(7,8)9)2(6)4(10,11)12. The molecule has 0 N–H and O–H groups in total. The Morgan fingerprint density at radius 3 is 1.25 bits per heavy atom. The Kier molecular flexibility index (Phi) is 3.98. The third-order valence-corrected chi connectivity index (χ3v) is 2.21. The smallest absolute Gasteiger partial charge is 0.201 e. The van der Waals surface area contributed by atoms with Gasteiger partial charge in [0.15, 0.2) is 0 Å². The van der Waals surface area contributed by atoms with Crippen LogP contribution >= 0.6 is 46.4 Å². The largest absolute Gasteiger partial charge is 0.428 e. The van der Waals surface area contributed by atoms with Gasteiger partial charge >= 0.3 is 6.18 Å². The summed E-state index contributed by atoms with van der Waals surface area (Å²) in [4.78, 5) is 0. The van der Waals surface area contributed by atoms with Gasteiger partial charge in [0.05, 0.1) is 0 Å². The van der Waals surface area contributed by atoms with Crippen molar-refractivity contribution in [3.8, 4) is 0 Å². The molecular formula is C4Cl4F4. The Labute approximate surface area is 85.0 Å². The van der Waals surface area contributed by atoms with Crippen LogP contribution < -0.4 is 0 Å². The van der Waals surface area contributed by atoms with Crippen molar-refractivity contribution in [2.24, 2.45) is 0 Å². The number of hydrogen-bond acceptors (Lipinski definition) is 0. The molecule has 0 aliphatic heterocycles. The Hall–Kier alpha value is 0.620. The van der Waals surface area contributed by atoms with Crippen LogP contribution in [-0.2, 0) is 0 Å². The average molecular weight is 266 g/mol. The minimum absolute atomic E-state index is 1.50. The van der Waals surface area contributed by atoms with Crippen molar-refractivity contribution in [2.75, 3.05) is 0 Å². The molecule has 0 rings (SSSR count). The Bertz CT molecular complexity index is 178. The maximum atomic E-state index is 12.3. The fourth-order valence-corrected chi connectivity index (χ4v) is 0.772. The number of rotatable bonds is 1. The van der Waals surface area contributed by atoms with Gasteiger partial charge in [0, 0.05) is 0 Å². The van der Waals surface area contributed by atoms with Crippen LogP contribution in [0.25, 0.3) is 0 Å². The lowest BCUT2D eigenvalue weighted by Crippen LogP contribution is -2.14. The number of allylic oxidation sites excluding steroid dienone is 2. The van der Waals surface area contributed by atoms with Crippen LogP contribution in [0.4, 0.5) is 17.6 Å². The summed E-state index contributed by atoms with van der Waals surface area (Å²) >= 11 is 18.6. The van der Waals surface area contributed by atoms with Gasteiger partial charge in [-0.05, 0) is 0 Å². The summed E-state index contributed by atoms with van der Waals surface area (Å²) < 4.78 is 44.0. The summed E-state index contributed by atoms with van der Waals surface area (Å²) in [6, 6.07) is 0. The molecule has 0 atom stereocenters. The van der Waals surface area contributed by atoms with Gasteiger partial charge in [-0.15, -0.1) is 0 Å². The monoisotopic (exact) mass is 264 g/mol. The lowest BCUT2D eigenvalue weighted by atomic mass is 10.5. The molecule has 0 saturated heterocycles. The van der Waals surface area contributed by atoms with Gasteiger partial charge in [0.2, 0.25) is 0 Å². The molecule has 72 valence electrons. The molecule has 0 aliphatic rings. The van der Waals surface area contributed by atoms with Crippen molar-refractivity contribution in [1.29, 1.82) is 0 Å². The fourth-order valence-electron chi connectivity index (χ4n) is 0.249. The summed E-state index contributed by atoms with van der Waals surface area (Å²) in [5.74, 6) is 0. The van der Waals surface area contributed by atoms with Crippen LogP contribution in [0.2, 0.25) is 0 Å². The molecule has 0 bridgehead atoms. The SMILES string of the molecule is FC(F)(F)C(Cl)=C(Cl)C(F)(Cl)Cl. The molecule has 12 heavy (non-hydrogen) atoms. The Morgan fingerprint density at radius 1 is 0.833 bits per heavy atom. The third-order valence-electron chi connectivity index (χ3n) is 0.690. The molecule has 0 fully saturated rings. The van der Waals surface area contributed by atoms with Crippen LogP contribution in [-0.4, -0.2) is 10.8 Å². The minimum atomic E-state index is -4.96. The van der Waals surface area contributed by atoms with Crippen LogP contribution in [0.5, 0.6) is 0 Å². The molecule has 0 aromatic rings. The van der Waals surface area contributed by atoms with E-state index in [9.17, 15) is 17.6 Å². The number of hydrogen-bond donors (Lipinski definition) is 0. The van der Waals surface area contributed by atoms with Crippen LogP contribution in [0.15, 0.2) is 10.1 Å². The summed E-state index contributed by atoms with van der Waals surface area (Å²) in [6.07, 6.45) is -4.96. The molecular weight excluding hydrogens is 266 g/mol. The molecule has 0 aromatic heterocycles. The molecule has 0 spiro atoms. The minimum Gasteiger partial charge on any atom is -0.201 e. The van der Waals surface area contributed by atoms with E-state index in [1.54, 1.807) is 0 Å². The normalized spacial score (nSPS) is 16.0. The van der Waals surface area contributed by atoms with Gasteiger partial charge in [-0.1, -0.05) is 46.4 Å². The van der Waals surface area contributed by atoms with E-state index in [1.807, 2.05) is 0 Å². The lowest BCUT2D eigenvalue weighted by Gasteiger charge is -2.12. The zero-order valence-corrected chi connectivity index (χ0v) is 8.05. The summed E-state index contributed by atoms with van der Waals surface area (Å²) in [5, 5.41) is -3.38. The number of halogens is 8. The van der Waals surface area contributed by atoms with Gasteiger partial charge in [-0.2, -0.15) is 13.2 Å². The van der Waals surface area contributed by atoms with E-state index in [2.05, 4.69) is 34.8 Å². The molecule has 0 heterocycles. The topological polar surface area (TPSA) is 0 Å². The summed E-state index contributed by atoms with van der Waals surface area (Å²) in [5.41, 5.74) is 0. The summed E-state index contributed by atoms with van der Waals surface area (Å²) in [7, 11) is 0. The van der Waals surface area contributed by atoms with Crippen LogP contribution in [0.3, 0.4) is 0 Å². The second-order valence-electron chi connectivity index (χ2n) is 1.62. The first-order chi connectivity index (χ1) is 5.07. The van der Waals surface area contributed by atoms with Gasteiger partial charge in [0.25, 0.3) is 4.59 Å².